The van der Waals surface area contributed by atoms with Crippen molar-refractivity contribution in [3.8, 4) is 0 Å². The van der Waals surface area contributed by atoms with Crippen LogP contribution in [-0.2, 0) is 14.8 Å². The van der Waals surface area contributed by atoms with Crippen molar-refractivity contribution in [1.29, 1.82) is 0 Å². The van der Waals surface area contributed by atoms with E-state index in [2.05, 4.69) is 10.6 Å². The van der Waals surface area contributed by atoms with Gasteiger partial charge in [0, 0.05) is 18.8 Å². The number of hydrogen-bond acceptors (Lipinski definition) is 5. The van der Waals surface area contributed by atoms with Crippen molar-refractivity contribution in [2.45, 2.75) is 44.7 Å². The second-order valence-electron chi connectivity index (χ2n) is 7.30. The number of sulfonamides is 1. The van der Waals surface area contributed by atoms with Crippen LogP contribution in [0, 0.1) is 5.92 Å². The summed E-state index contributed by atoms with van der Waals surface area (Å²) >= 11 is 1.30. The Morgan fingerprint density at radius 1 is 1.03 bits per heavy atom. The third-order valence-electron chi connectivity index (χ3n) is 4.51. The van der Waals surface area contributed by atoms with Gasteiger partial charge in [-0.1, -0.05) is 19.9 Å². The second kappa shape index (κ2) is 9.51. The standard InChI is InChI=1S/C20H27N3O4S2/c1-13(2)18(22-19(24)17-7-6-12-28-17)20(25)21-15-8-10-16(11-9-15)29(26,27)23(5)14(3)4/h6-14,18H,1-5H3,(H,21,25)(H,22,24). The van der Waals surface area contributed by atoms with Gasteiger partial charge in [0.05, 0.1) is 9.77 Å². The van der Waals surface area contributed by atoms with Gasteiger partial charge in [-0.25, -0.2) is 8.42 Å². The van der Waals surface area contributed by atoms with Crippen LogP contribution < -0.4 is 10.6 Å². The number of hydrogen-bond donors (Lipinski definition) is 2. The zero-order chi connectivity index (χ0) is 21.8. The van der Waals surface area contributed by atoms with E-state index in [1.54, 1.807) is 31.4 Å². The Kier molecular flexibility index (Phi) is 7.56. The van der Waals surface area contributed by atoms with Crippen LogP contribution in [0.4, 0.5) is 5.69 Å². The van der Waals surface area contributed by atoms with Crippen LogP contribution in [0.3, 0.4) is 0 Å². The SMILES string of the molecule is CC(C)C(NC(=O)c1cccs1)C(=O)Nc1ccc(S(=O)(=O)N(C)C(C)C)cc1. The van der Waals surface area contributed by atoms with E-state index in [0.717, 1.165) is 0 Å². The third-order valence-corrected chi connectivity index (χ3v) is 7.42. The zero-order valence-electron chi connectivity index (χ0n) is 17.2. The molecule has 0 radical (unpaired) electrons. The molecule has 1 unspecified atom stereocenters. The molecule has 7 nitrogen and oxygen atoms in total. The number of nitrogens with zero attached hydrogens (tertiary/aromatic N) is 1. The Hall–Kier alpha value is -2.23. The first-order chi connectivity index (χ1) is 13.5. The van der Waals surface area contributed by atoms with Crippen molar-refractivity contribution in [2.75, 3.05) is 12.4 Å². The molecule has 0 spiro atoms. The molecule has 0 bridgehead atoms. The summed E-state index contributed by atoms with van der Waals surface area (Å²) < 4.78 is 26.3. The van der Waals surface area contributed by atoms with Gasteiger partial charge in [-0.15, -0.1) is 11.3 Å². The number of amides is 2. The number of thiophene rings is 1. The quantitative estimate of drug-likeness (QED) is 0.663. The molecule has 2 amide bonds. The normalized spacial score (nSPS) is 13.0. The van der Waals surface area contributed by atoms with Crippen molar-refractivity contribution in [1.82, 2.24) is 9.62 Å². The minimum absolute atomic E-state index is 0.127. The van der Waals surface area contributed by atoms with Crippen molar-refractivity contribution < 1.29 is 18.0 Å². The van der Waals surface area contributed by atoms with E-state index in [1.807, 2.05) is 13.8 Å². The highest BCUT2D eigenvalue weighted by atomic mass is 32.2. The molecule has 2 N–H and O–H groups in total. The summed E-state index contributed by atoms with van der Waals surface area (Å²) in [5, 5.41) is 7.30. The van der Waals surface area contributed by atoms with Crippen LogP contribution in [0.5, 0.6) is 0 Å². The largest absolute Gasteiger partial charge is 0.339 e. The van der Waals surface area contributed by atoms with Gasteiger partial charge in [0.15, 0.2) is 0 Å². The van der Waals surface area contributed by atoms with E-state index in [4.69, 9.17) is 0 Å². The molecule has 1 atom stereocenters. The molecule has 1 aromatic carbocycles. The highest BCUT2D eigenvalue weighted by molar-refractivity contribution is 7.89. The number of carbonyl (C=O) groups excluding carboxylic acids is 2. The maximum Gasteiger partial charge on any atom is 0.262 e. The first-order valence-corrected chi connectivity index (χ1v) is 11.6. The molecular formula is C20H27N3O4S2. The van der Waals surface area contributed by atoms with E-state index in [0.29, 0.717) is 10.6 Å². The molecule has 158 valence electrons. The van der Waals surface area contributed by atoms with E-state index in [1.165, 1.54) is 47.0 Å². The second-order valence-corrected chi connectivity index (χ2v) is 10.2. The number of carbonyl (C=O) groups is 2. The molecule has 0 aliphatic carbocycles. The summed E-state index contributed by atoms with van der Waals surface area (Å²) in [6.07, 6.45) is 0. The Bertz CT molecular complexity index is 937. The Morgan fingerprint density at radius 3 is 2.14 bits per heavy atom. The minimum atomic E-state index is -3.59. The molecule has 0 saturated carbocycles. The number of rotatable bonds is 8. The third kappa shape index (κ3) is 5.65. The topological polar surface area (TPSA) is 95.6 Å². The first-order valence-electron chi connectivity index (χ1n) is 9.27. The van der Waals surface area contributed by atoms with Crippen molar-refractivity contribution in [3.05, 3.63) is 46.7 Å². The minimum Gasteiger partial charge on any atom is -0.339 e. The molecule has 1 heterocycles. The van der Waals surface area contributed by atoms with Gasteiger partial charge in [0.25, 0.3) is 5.91 Å². The van der Waals surface area contributed by atoms with Gasteiger partial charge in [-0.05, 0) is 55.5 Å². The summed E-state index contributed by atoms with van der Waals surface area (Å²) in [4.78, 5) is 25.7. The number of benzene rings is 1. The molecule has 0 aliphatic heterocycles. The van der Waals surface area contributed by atoms with E-state index < -0.39 is 16.1 Å². The summed E-state index contributed by atoms with van der Waals surface area (Å²) in [5.74, 6) is -0.787. The van der Waals surface area contributed by atoms with Gasteiger partial charge in [0.2, 0.25) is 15.9 Å². The van der Waals surface area contributed by atoms with E-state index in [9.17, 15) is 18.0 Å². The van der Waals surface area contributed by atoms with Crippen molar-refractivity contribution >= 4 is 38.9 Å². The Morgan fingerprint density at radius 2 is 1.66 bits per heavy atom. The smallest absolute Gasteiger partial charge is 0.262 e. The predicted octanol–water partition coefficient (Wildman–Crippen LogP) is 3.17. The highest BCUT2D eigenvalue weighted by Gasteiger charge is 2.26. The van der Waals surface area contributed by atoms with Crippen molar-refractivity contribution in [3.63, 3.8) is 0 Å². The first kappa shape index (κ1) is 23.1. The average Bonchev–Trinajstić information content (AvgIpc) is 3.20. The van der Waals surface area contributed by atoms with Crippen LogP contribution in [0.15, 0.2) is 46.7 Å². The van der Waals surface area contributed by atoms with Gasteiger partial charge in [-0.3, -0.25) is 9.59 Å². The predicted molar refractivity (Wildman–Crippen MR) is 116 cm³/mol. The van der Waals surface area contributed by atoms with Gasteiger partial charge in [0.1, 0.15) is 6.04 Å². The molecule has 9 heteroatoms. The fourth-order valence-corrected chi connectivity index (χ4v) is 4.52. The maximum absolute atomic E-state index is 12.7. The van der Waals surface area contributed by atoms with Crippen LogP contribution in [0.25, 0.3) is 0 Å². The Balaban J connectivity index is 2.11. The van der Waals surface area contributed by atoms with Crippen LogP contribution in [-0.4, -0.2) is 43.7 Å². The van der Waals surface area contributed by atoms with Crippen molar-refractivity contribution in [2.24, 2.45) is 5.92 Å². The lowest BCUT2D eigenvalue weighted by Gasteiger charge is -2.22. The lowest BCUT2D eigenvalue weighted by atomic mass is 10.0. The molecule has 29 heavy (non-hydrogen) atoms. The molecular weight excluding hydrogens is 410 g/mol. The van der Waals surface area contributed by atoms with Crippen LogP contribution >= 0.6 is 11.3 Å². The Labute approximate surface area is 176 Å². The highest BCUT2D eigenvalue weighted by Crippen LogP contribution is 2.19. The summed E-state index contributed by atoms with van der Waals surface area (Å²) in [6.45, 7) is 7.28. The fraction of sp³-hybridized carbons (Fsp3) is 0.400. The molecule has 2 aromatic rings. The lowest BCUT2D eigenvalue weighted by molar-refractivity contribution is -0.118. The summed E-state index contributed by atoms with van der Waals surface area (Å²) in [5.41, 5.74) is 0.456. The molecule has 0 fully saturated rings. The molecule has 0 saturated heterocycles. The fourth-order valence-electron chi connectivity index (χ4n) is 2.53. The van der Waals surface area contributed by atoms with Gasteiger partial charge in [-0.2, -0.15) is 4.31 Å². The summed E-state index contributed by atoms with van der Waals surface area (Å²) in [7, 11) is -2.06. The van der Waals surface area contributed by atoms with Gasteiger partial charge >= 0.3 is 0 Å². The van der Waals surface area contributed by atoms with Crippen LogP contribution in [0.2, 0.25) is 0 Å². The number of anilines is 1. The monoisotopic (exact) mass is 437 g/mol. The summed E-state index contributed by atoms with van der Waals surface area (Å²) in [6, 6.07) is 8.57. The van der Waals surface area contributed by atoms with Crippen LogP contribution in [0.1, 0.15) is 37.4 Å². The molecule has 0 aliphatic rings. The van der Waals surface area contributed by atoms with Gasteiger partial charge < -0.3 is 10.6 Å². The lowest BCUT2D eigenvalue weighted by Crippen LogP contribution is -2.46. The average molecular weight is 438 g/mol. The number of nitrogens with one attached hydrogen (secondary N) is 2. The van der Waals surface area contributed by atoms with E-state index in [-0.39, 0.29) is 28.7 Å². The molecule has 2 rings (SSSR count). The zero-order valence-corrected chi connectivity index (χ0v) is 18.8. The van der Waals surface area contributed by atoms with E-state index >= 15 is 0 Å². The maximum atomic E-state index is 12.7. The molecule has 1 aromatic heterocycles.